The molecule has 1 heterocycles. The average molecular weight is 387 g/mol. The Labute approximate surface area is 143 Å². The Morgan fingerprint density at radius 1 is 1.27 bits per heavy atom. The average Bonchev–Trinajstić information content (AvgIpc) is 2.79. The molecule has 6 heteroatoms. The Balaban J connectivity index is 2.54. The van der Waals surface area contributed by atoms with Crippen LogP contribution in [0.5, 0.6) is 5.75 Å². The lowest BCUT2D eigenvalue weighted by atomic mass is 10.1. The smallest absolute Gasteiger partial charge is 0.419 e. The second kappa shape index (κ2) is 6.34. The van der Waals surface area contributed by atoms with Crippen LogP contribution in [0.3, 0.4) is 0 Å². The van der Waals surface area contributed by atoms with Gasteiger partial charge in [-0.15, -0.1) is 0 Å². The van der Waals surface area contributed by atoms with Crippen LogP contribution in [0.2, 0.25) is 5.02 Å². The molecule has 2 aromatic rings. The van der Waals surface area contributed by atoms with Crippen LogP contribution in [0.15, 0.2) is 34.9 Å². The van der Waals surface area contributed by atoms with Crippen LogP contribution in [-0.4, -0.2) is 23.4 Å². The predicted molar refractivity (Wildman–Crippen MR) is 90.8 cm³/mol. The van der Waals surface area contributed by atoms with E-state index < -0.39 is 11.7 Å². The summed E-state index contributed by atoms with van der Waals surface area (Å²) in [4.78, 5) is 12.4. The van der Waals surface area contributed by atoms with Crippen molar-refractivity contribution in [3.05, 3.63) is 40.0 Å². The summed E-state index contributed by atoms with van der Waals surface area (Å²) in [6.45, 7) is 5.47. The molecule has 0 spiro atoms. The van der Waals surface area contributed by atoms with E-state index in [2.05, 4.69) is 15.9 Å². The molecule has 0 saturated heterocycles. The van der Waals surface area contributed by atoms with Crippen molar-refractivity contribution in [3.63, 3.8) is 0 Å². The van der Waals surface area contributed by atoms with Crippen LogP contribution in [-0.2, 0) is 4.74 Å². The molecule has 0 amide bonds. The summed E-state index contributed by atoms with van der Waals surface area (Å²) in [5.74, 6) is 0.625. The van der Waals surface area contributed by atoms with Gasteiger partial charge in [0.2, 0.25) is 0 Å². The standard InChI is InChI=1S/C16H17BrClNO3/c1-16(2,3)22-15(20)19-9-10(17)7-13(19)12-8-11(18)5-6-14(12)21-4/h5-9H,1-4H3. The molecule has 1 aromatic heterocycles. The summed E-state index contributed by atoms with van der Waals surface area (Å²) in [6.07, 6.45) is 1.19. The Hall–Kier alpha value is -1.46. The summed E-state index contributed by atoms with van der Waals surface area (Å²) in [7, 11) is 1.57. The highest BCUT2D eigenvalue weighted by molar-refractivity contribution is 9.10. The van der Waals surface area contributed by atoms with Gasteiger partial charge in [-0.05, 0) is 61.0 Å². The van der Waals surface area contributed by atoms with Crippen molar-refractivity contribution in [1.29, 1.82) is 0 Å². The summed E-state index contributed by atoms with van der Waals surface area (Å²) >= 11 is 9.47. The number of halogens is 2. The number of hydrogen-bond donors (Lipinski definition) is 0. The SMILES string of the molecule is COc1ccc(Cl)cc1-c1cc(Br)cn1C(=O)OC(C)(C)C. The lowest BCUT2D eigenvalue weighted by Gasteiger charge is -2.20. The largest absolute Gasteiger partial charge is 0.496 e. The molecular formula is C16H17BrClNO3. The lowest BCUT2D eigenvalue weighted by Crippen LogP contribution is -2.27. The van der Waals surface area contributed by atoms with Crippen LogP contribution >= 0.6 is 27.5 Å². The molecular weight excluding hydrogens is 370 g/mol. The monoisotopic (exact) mass is 385 g/mol. The van der Waals surface area contributed by atoms with Crippen molar-refractivity contribution >= 4 is 33.6 Å². The van der Waals surface area contributed by atoms with Crippen LogP contribution in [0, 0.1) is 0 Å². The number of nitrogens with zero attached hydrogens (tertiary/aromatic N) is 1. The van der Waals surface area contributed by atoms with E-state index in [9.17, 15) is 4.79 Å². The minimum atomic E-state index is -0.580. The molecule has 2 rings (SSSR count). The van der Waals surface area contributed by atoms with Gasteiger partial charge in [0, 0.05) is 21.3 Å². The number of ether oxygens (including phenoxy) is 2. The molecule has 0 N–H and O–H groups in total. The molecule has 0 aliphatic heterocycles. The van der Waals surface area contributed by atoms with Crippen LogP contribution in [0.1, 0.15) is 20.8 Å². The lowest BCUT2D eigenvalue weighted by molar-refractivity contribution is 0.0540. The Kier molecular flexibility index (Phi) is 4.87. The van der Waals surface area contributed by atoms with Crippen LogP contribution in [0.25, 0.3) is 11.3 Å². The molecule has 0 aliphatic carbocycles. The summed E-state index contributed by atoms with van der Waals surface area (Å²) in [5.41, 5.74) is 0.774. The predicted octanol–water partition coefficient (Wildman–Crippen LogP) is 5.36. The molecule has 22 heavy (non-hydrogen) atoms. The first-order valence-electron chi connectivity index (χ1n) is 6.66. The van der Waals surface area contributed by atoms with Crippen molar-refractivity contribution in [2.24, 2.45) is 0 Å². The first kappa shape index (κ1) is 16.9. The maximum Gasteiger partial charge on any atom is 0.419 e. The van der Waals surface area contributed by atoms with E-state index in [1.165, 1.54) is 4.57 Å². The summed E-state index contributed by atoms with van der Waals surface area (Å²) in [6, 6.07) is 7.07. The third kappa shape index (κ3) is 3.84. The highest BCUT2D eigenvalue weighted by atomic mass is 79.9. The van der Waals surface area contributed by atoms with Gasteiger partial charge in [0.15, 0.2) is 0 Å². The molecule has 1 aromatic carbocycles. The number of hydrogen-bond acceptors (Lipinski definition) is 3. The number of aromatic nitrogens is 1. The van der Waals surface area contributed by atoms with Crippen molar-refractivity contribution in [2.75, 3.05) is 7.11 Å². The van der Waals surface area contributed by atoms with E-state index in [0.29, 0.717) is 22.0 Å². The zero-order valence-corrected chi connectivity index (χ0v) is 15.2. The molecule has 0 bridgehead atoms. The van der Waals surface area contributed by atoms with Crippen molar-refractivity contribution in [3.8, 4) is 17.0 Å². The third-order valence-corrected chi connectivity index (χ3v) is 3.48. The minimum absolute atomic E-state index is 0.463. The van der Waals surface area contributed by atoms with Crippen molar-refractivity contribution in [2.45, 2.75) is 26.4 Å². The van der Waals surface area contributed by atoms with E-state index >= 15 is 0 Å². The van der Waals surface area contributed by atoms with Crippen molar-refractivity contribution < 1.29 is 14.3 Å². The molecule has 4 nitrogen and oxygen atoms in total. The fourth-order valence-corrected chi connectivity index (χ4v) is 2.57. The second-order valence-electron chi connectivity index (χ2n) is 5.74. The van der Waals surface area contributed by atoms with Gasteiger partial charge in [-0.2, -0.15) is 0 Å². The van der Waals surface area contributed by atoms with Gasteiger partial charge in [-0.3, -0.25) is 4.57 Å². The second-order valence-corrected chi connectivity index (χ2v) is 7.09. The fraction of sp³-hybridized carbons (Fsp3) is 0.312. The molecule has 0 radical (unpaired) electrons. The highest BCUT2D eigenvalue weighted by Gasteiger charge is 2.22. The van der Waals surface area contributed by atoms with Gasteiger partial charge >= 0.3 is 6.09 Å². The van der Waals surface area contributed by atoms with E-state index in [4.69, 9.17) is 21.1 Å². The van der Waals surface area contributed by atoms with E-state index in [1.54, 1.807) is 31.5 Å². The summed E-state index contributed by atoms with van der Waals surface area (Å²) in [5, 5.41) is 0.559. The number of methoxy groups -OCH3 is 1. The Bertz CT molecular complexity index is 704. The molecule has 0 fully saturated rings. The van der Waals surface area contributed by atoms with Gasteiger partial charge in [0.25, 0.3) is 0 Å². The van der Waals surface area contributed by atoms with Gasteiger partial charge in [0.1, 0.15) is 11.4 Å². The molecule has 0 unspecified atom stereocenters. The molecule has 0 aliphatic rings. The quantitative estimate of drug-likeness (QED) is 0.697. The maximum atomic E-state index is 12.4. The van der Waals surface area contributed by atoms with E-state index in [-0.39, 0.29) is 0 Å². The first-order valence-corrected chi connectivity index (χ1v) is 7.83. The first-order chi connectivity index (χ1) is 10.2. The van der Waals surface area contributed by atoms with Gasteiger partial charge in [-0.25, -0.2) is 4.79 Å². The zero-order chi connectivity index (χ0) is 16.5. The zero-order valence-electron chi connectivity index (χ0n) is 12.8. The number of carbonyl (C=O) groups excluding carboxylic acids is 1. The Morgan fingerprint density at radius 3 is 2.55 bits per heavy atom. The van der Waals surface area contributed by atoms with Crippen LogP contribution in [0.4, 0.5) is 4.79 Å². The molecule has 118 valence electrons. The topological polar surface area (TPSA) is 40.5 Å². The van der Waals surface area contributed by atoms with Crippen LogP contribution < -0.4 is 4.74 Å². The van der Waals surface area contributed by atoms with Gasteiger partial charge in [0.05, 0.1) is 12.8 Å². The van der Waals surface area contributed by atoms with Gasteiger partial charge in [-0.1, -0.05) is 11.6 Å². The number of benzene rings is 1. The molecule has 0 atom stereocenters. The van der Waals surface area contributed by atoms with Gasteiger partial charge < -0.3 is 9.47 Å². The maximum absolute atomic E-state index is 12.4. The summed E-state index contributed by atoms with van der Waals surface area (Å²) < 4.78 is 13.0. The van der Waals surface area contributed by atoms with Crippen molar-refractivity contribution in [1.82, 2.24) is 4.57 Å². The molecule has 0 saturated carbocycles. The van der Waals surface area contributed by atoms with E-state index in [1.807, 2.05) is 26.8 Å². The third-order valence-electron chi connectivity index (χ3n) is 2.81. The Morgan fingerprint density at radius 2 is 1.95 bits per heavy atom. The highest BCUT2D eigenvalue weighted by Crippen LogP contribution is 2.35. The fourth-order valence-electron chi connectivity index (χ4n) is 1.98. The number of rotatable bonds is 2. The minimum Gasteiger partial charge on any atom is -0.496 e. The normalized spacial score (nSPS) is 11.4. The number of carbonyl (C=O) groups is 1. The van der Waals surface area contributed by atoms with E-state index in [0.717, 1.165) is 4.47 Å².